The molecular weight excluding hydrogens is 102 g/mol. The molecule has 1 fully saturated rings. The maximum absolute atomic E-state index is 5.33. The van der Waals surface area contributed by atoms with Gasteiger partial charge in [0.05, 0.1) is 6.10 Å². The van der Waals surface area contributed by atoms with Crippen LogP contribution in [0.4, 0.5) is 0 Å². The van der Waals surface area contributed by atoms with Crippen molar-refractivity contribution in [2.45, 2.75) is 18.9 Å². The second-order valence-corrected chi connectivity index (χ2v) is 2.19. The second-order valence-electron chi connectivity index (χ2n) is 2.19. The normalized spacial score (nSPS) is 28.9. The number of hydrogen-bond acceptors (Lipinski definition) is 2. The smallest absolute Gasteiger partial charge is 0.0700 e. The second kappa shape index (κ2) is 3.05. The molecule has 0 amide bonds. The van der Waals surface area contributed by atoms with Crippen LogP contribution in [-0.4, -0.2) is 26.3 Å². The highest BCUT2D eigenvalue weighted by Gasteiger charge is 2.12. The van der Waals surface area contributed by atoms with Crippen LogP contribution < -0.4 is 5.32 Å². The van der Waals surface area contributed by atoms with E-state index < -0.39 is 0 Å². The highest BCUT2D eigenvalue weighted by Crippen LogP contribution is 2.09. The third-order valence-electron chi connectivity index (χ3n) is 1.46. The Balaban J connectivity index is 2.06. The molecule has 1 aliphatic rings. The number of hydrogen-bond donors (Lipinski definition) is 1. The van der Waals surface area contributed by atoms with Gasteiger partial charge in [0.15, 0.2) is 0 Å². The van der Waals surface area contributed by atoms with Gasteiger partial charge in [-0.25, -0.2) is 0 Å². The Morgan fingerprint density at radius 1 is 1.75 bits per heavy atom. The highest BCUT2D eigenvalue weighted by atomic mass is 16.5. The van der Waals surface area contributed by atoms with E-state index in [9.17, 15) is 0 Å². The molecule has 0 bridgehead atoms. The van der Waals surface area contributed by atoms with E-state index in [4.69, 9.17) is 4.74 Å². The van der Waals surface area contributed by atoms with E-state index in [-0.39, 0.29) is 0 Å². The Hall–Kier alpha value is -0.0800. The van der Waals surface area contributed by atoms with Crippen molar-refractivity contribution >= 4 is 0 Å². The lowest BCUT2D eigenvalue weighted by molar-refractivity contribution is 0.112. The average molecular weight is 115 g/mol. The van der Waals surface area contributed by atoms with E-state index in [1.54, 1.807) is 0 Å². The molecule has 0 aromatic rings. The lowest BCUT2D eigenvalue weighted by atomic mass is 10.2. The van der Waals surface area contributed by atoms with Crippen LogP contribution in [0, 0.1) is 0 Å². The number of ether oxygens (including phenoxy) is 1. The predicted molar refractivity (Wildman–Crippen MR) is 32.9 cm³/mol. The topological polar surface area (TPSA) is 21.3 Å². The molecule has 0 unspecified atom stereocenters. The van der Waals surface area contributed by atoms with Gasteiger partial charge in [0.2, 0.25) is 0 Å². The highest BCUT2D eigenvalue weighted by molar-refractivity contribution is 4.65. The monoisotopic (exact) mass is 115 g/mol. The van der Waals surface area contributed by atoms with Crippen molar-refractivity contribution in [2.24, 2.45) is 0 Å². The summed E-state index contributed by atoms with van der Waals surface area (Å²) in [7, 11) is 1.96. The molecule has 1 saturated heterocycles. The summed E-state index contributed by atoms with van der Waals surface area (Å²) in [5, 5.41) is 3.08. The lowest BCUT2D eigenvalue weighted by Gasteiger charge is -2.05. The Bertz CT molecular complexity index is 59.5. The molecular formula is C6H13NO. The van der Waals surface area contributed by atoms with E-state index >= 15 is 0 Å². The molecule has 0 aromatic heterocycles. The van der Waals surface area contributed by atoms with Gasteiger partial charge in [0.1, 0.15) is 0 Å². The maximum Gasteiger partial charge on any atom is 0.0700 e. The first-order chi connectivity index (χ1) is 3.93. The summed E-state index contributed by atoms with van der Waals surface area (Å²) in [5.41, 5.74) is 0. The minimum Gasteiger partial charge on any atom is -0.377 e. The summed E-state index contributed by atoms with van der Waals surface area (Å²) < 4.78 is 5.33. The number of nitrogens with one attached hydrogen (secondary N) is 1. The Morgan fingerprint density at radius 3 is 3.12 bits per heavy atom. The first-order valence-corrected chi connectivity index (χ1v) is 3.19. The van der Waals surface area contributed by atoms with Crippen LogP contribution in [-0.2, 0) is 4.74 Å². The molecule has 1 rings (SSSR count). The van der Waals surface area contributed by atoms with Crippen molar-refractivity contribution in [3.63, 3.8) is 0 Å². The molecule has 1 N–H and O–H groups in total. The van der Waals surface area contributed by atoms with E-state index in [2.05, 4.69) is 5.32 Å². The molecule has 0 radical (unpaired) electrons. The van der Waals surface area contributed by atoms with Crippen LogP contribution in [0.1, 0.15) is 12.8 Å². The minimum absolute atomic E-state index is 0.500. The van der Waals surface area contributed by atoms with Crippen molar-refractivity contribution in [1.82, 2.24) is 5.32 Å². The van der Waals surface area contributed by atoms with Crippen LogP contribution in [0.5, 0.6) is 0 Å². The largest absolute Gasteiger partial charge is 0.377 e. The molecule has 2 nitrogen and oxygen atoms in total. The van der Waals surface area contributed by atoms with Gasteiger partial charge in [-0.1, -0.05) is 0 Å². The molecule has 48 valence electrons. The van der Waals surface area contributed by atoms with Crippen LogP contribution >= 0.6 is 0 Å². The zero-order valence-corrected chi connectivity index (χ0v) is 5.31. The SMILES string of the molecule is CNC[C@H]1CCCO1. The summed E-state index contributed by atoms with van der Waals surface area (Å²) >= 11 is 0. The van der Waals surface area contributed by atoms with Gasteiger partial charge in [-0.15, -0.1) is 0 Å². The van der Waals surface area contributed by atoms with Gasteiger partial charge in [-0.3, -0.25) is 0 Å². The van der Waals surface area contributed by atoms with Crippen molar-refractivity contribution in [3.8, 4) is 0 Å². The molecule has 2 heteroatoms. The van der Waals surface area contributed by atoms with Crippen molar-refractivity contribution in [1.29, 1.82) is 0 Å². The first-order valence-electron chi connectivity index (χ1n) is 3.19. The Morgan fingerprint density at radius 2 is 2.62 bits per heavy atom. The van der Waals surface area contributed by atoms with Crippen molar-refractivity contribution in [3.05, 3.63) is 0 Å². The van der Waals surface area contributed by atoms with Gasteiger partial charge >= 0.3 is 0 Å². The van der Waals surface area contributed by atoms with Crippen molar-refractivity contribution < 1.29 is 4.74 Å². The van der Waals surface area contributed by atoms with Crippen LogP contribution in [0.2, 0.25) is 0 Å². The molecule has 0 aliphatic carbocycles. The Kier molecular flexibility index (Phi) is 2.30. The molecule has 8 heavy (non-hydrogen) atoms. The van der Waals surface area contributed by atoms with Gasteiger partial charge < -0.3 is 10.1 Å². The summed E-state index contributed by atoms with van der Waals surface area (Å²) in [6, 6.07) is 0. The summed E-state index contributed by atoms with van der Waals surface area (Å²) in [6.45, 7) is 1.98. The zero-order chi connectivity index (χ0) is 5.82. The number of rotatable bonds is 2. The average Bonchev–Trinajstić information content (AvgIpc) is 2.19. The van der Waals surface area contributed by atoms with Gasteiger partial charge in [-0.05, 0) is 19.9 Å². The maximum atomic E-state index is 5.33. The van der Waals surface area contributed by atoms with E-state index in [1.807, 2.05) is 7.05 Å². The summed E-state index contributed by atoms with van der Waals surface area (Å²) in [5.74, 6) is 0. The standard InChI is InChI=1S/C6H13NO/c1-7-5-6-3-2-4-8-6/h6-7H,2-5H2,1H3/t6-/m1/s1. The first kappa shape index (κ1) is 6.05. The van der Waals surface area contributed by atoms with Crippen LogP contribution in [0.3, 0.4) is 0 Å². The minimum atomic E-state index is 0.500. The molecule has 1 aliphatic heterocycles. The lowest BCUT2D eigenvalue weighted by Crippen LogP contribution is -2.22. The molecule has 1 atom stereocenters. The van der Waals surface area contributed by atoms with Gasteiger partial charge in [0, 0.05) is 13.2 Å². The molecule has 0 aromatic carbocycles. The van der Waals surface area contributed by atoms with Gasteiger partial charge in [0.25, 0.3) is 0 Å². The van der Waals surface area contributed by atoms with Crippen LogP contribution in [0.25, 0.3) is 0 Å². The summed E-state index contributed by atoms with van der Waals surface area (Å²) in [6.07, 6.45) is 2.98. The Labute approximate surface area is 50.2 Å². The fraction of sp³-hybridized carbons (Fsp3) is 1.00. The predicted octanol–water partition coefficient (Wildman–Crippen LogP) is 0.385. The quantitative estimate of drug-likeness (QED) is 0.562. The molecule has 0 spiro atoms. The van der Waals surface area contributed by atoms with Crippen LogP contribution in [0.15, 0.2) is 0 Å². The fourth-order valence-electron chi connectivity index (χ4n) is 1.03. The molecule has 1 heterocycles. The van der Waals surface area contributed by atoms with Crippen molar-refractivity contribution in [2.75, 3.05) is 20.2 Å². The third-order valence-corrected chi connectivity index (χ3v) is 1.46. The van der Waals surface area contributed by atoms with Gasteiger partial charge in [-0.2, -0.15) is 0 Å². The number of likely N-dealkylation sites (N-methyl/N-ethyl adjacent to an activating group) is 1. The van der Waals surface area contributed by atoms with E-state index in [0.717, 1.165) is 13.2 Å². The van der Waals surface area contributed by atoms with E-state index in [0.29, 0.717) is 6.10 Å². The molecule has 0 saturated carbocycles. The third kappa shape index (κ3) is 1.46. The zero-order valence-electron chi connectivity index (χ0n) is 5.31. The summed E-state index contributed by atoms with van der Waals surface area (Å²) in [4.78, 5) is 0. The van der Waals surface area contributed by atoms with E-state index in [1.165, 1.54) is 12.8 Å². The fourth-order valence-corrected chi connectivity index (χ4v) is 1.03.